The molecule has 0 atom stereocenters. The molecule has 4 aliphatic rings. The summed E-state index contributed by atoms with van der Waals surface area (Å²) in [5.74, 6) is 3.08. The van der Waals surface area contributed by atoms with Crippen LogP contribution in [0, 0.1) is 31.6 Å². The first-order valence-electron chi connectivity index (χ1n) is 12.3. The van der Waals surface area contributed by atoms with Gasteiger partial charge in [-0.25, -0.2) is 14.8 Å². The van der Waals surface area contributed by atoms with Crippen molar-refractivity contribution < 1.29 is 4.79 Å². The fourth-order valence-electron chi connectivity index (χ4n) is 6.59. The number of aromatic nitrogens is 2. The number of halogens is 1. The average Bonchev–Trinajstić information content (AvgIpc) is 2.73. The summed E-state index contributed by atoms with van der Waals surface area (Å²) >= 11 is 5.99. The number of hydrogen-bond donors (Lipinski definition) is 3. The molecule has 1 aromatic carbocycles. The first kappa shape index (κ1) is 23.1. The van der Waals surface area contributed by atoms with Gasteiger partial charge in [-0.3, -0.25) is 15.6 Å². The van der Waals surface area contributed by atoms with Crippen LogP contribution < -0.4 is 16.0 Å². The fraction of sp³-hybridized carbons (Fsp3) is 0.538. The van der Waals surface area contributed by atoms with Crippen LogP contribution in [0.1, 0.15) is 55.5 Å². The third-order valence-corrected chi connectivity index (χ3v) is 7.70. The number of aryl methyl sites for hydroxylation is 2. The van der Waals surface area contributed by atoms with Gasteiger partial charge in [-0.2, -0.15) is 0 Å². The maximum Gasteiger partial charge on any atom is 0.321 e. The summed E-state index contributed by atoms with van der Waals surface area (Å²) in [7, 11) is 0. The monoisotopic (exact) mass is 480 g/mol. The van der Waals surface area contributed by atoms with Crippen molar-refractivity contribution in [2.75, 3.05) is 11.9 Å². The van der Waals surface area contributed by atoms with E-state index in [4.69, 9.17) is 11.6 Å². The minimum atomic E-state index is -0.205. The Labute approximate surface area is 206 Å². The SMILES string of the molecule is Cc1cc(C)nc(NC(=NCCc2ccc(Cl)cc2)NC(=O)NC23CC4CC(CC(C4)C2)C3)n1. The molecule has 1 heterocycles. The van der Waals surface area contributed by atoms with Gasteiger partial charge in [-0.1, -0.05) is 23.7 Å². The Kier molecular flexibility index (Phi) is 6.47. The Morgan fingerprint density at radius 2 is 1.62 bits per heavy atom. The third kappa shape index (κ3) is 5.52. The van der Waals surface area contributed by atoms with Crippen molar-refractivity contribution in [2.45, 2.75) is 64.3 Å². The predicted octanol–water partition coefficient (Wildman–Crippen LogP) is 5.03. The highest BCUT2D eigenvalue weighted by atomic mass is 35.5. The lowest BCUT2D eigenvalue weighted by molar-refractivity contribution is -0.0132. The molecule has 0 aliphatic heterocycles. The number of guanidine groups is 1. The Balaban J connectivity index is 1.28. The van der Waals surface area contributed by atoms with E-state index in [1.54, 1.807) is 0 Å². The van der Waals surface area contributed by atoms with Crippen LogP contribution in [0.15, 0.2) is 35.3 Å². The number of benzene rings is 1. The van der Waals surface area contributed by atoms with Crippen LogP contribution >= 0.6 is 11.6 Å². The normalized spacial score (nSPS) is 27.5. The van der Waals surface area contributed by atoms with Gasteiger partial charge in [0.1, 0.15) is 0 Å². The molecular weight excluding hydrogens is 448 g/mol. The molecule has 0 saturated heterocycles. The molecule has 0 spiro atoms. The lowest BCUT2D eigenvalue weighted by Gasteiger charge is -2.56. The van der Waals surface area contributed by atoms with Crippen LogP contribution in [0.4, 0.5) is 10.7 Å². The van der Waals surface area contributed by atoms with E-state index in [1.165, 1.54) is 19.3 Å². The maximum atomic E-state index is 13.1. The zero-order valence-corrected chi connectivity index (χ0v) is 20.7. The molecule has 180 valence electrons. The molecule has 0 radical (unpaired) electrons. The van der Waals surface area contributed by atoms with Crippen molar-refractivity contribution in [2.24, 2.45) is 22.7 Å². The molecule has 4 fully saturated rings. The summed E-state index contributed by atoms with van der Waals surface area (Å²) in [5, 5.41) is 10.2. The van der Waals surface area contributed by atoms with E-state index in [9.17, 15) is 4.79 Å². The predicted molar refractivity (Wildman–Crippen MR) is 135 cm³/mol. The van der Waals surface area contributed by atoms with Crippen LogP contribution in [0.2, 0.25) is 5.02 Å². The zero-order chi connectivity index (χ0) is 23.7. The number of hydrogen-bond acceptors (Lipinski definition) is 4. The van der Waals surface area contributed by atoms with Gasteiger partial charge in [0.05, 0.1) is 0 Å². The second kappa shape index (κ2) is 9.53. The summed E-state index contributed by atoms with van der Waals surface area (Å²) in [6.07, 6.45) is 8.05. The van der Waals surface area contributed by atoms with Crippen LogP contribution in [0.3, 0.4) is 0 Å². The molecule has 4 aliphatic carbocycles. The van der Waals surface area contributed by atoms with Gasteiger partial charge in [-0.05, 0) is 100 Å². The van der Waals surface area contributed by atoms with E-state index in [0.29, 0.717) is 23.5 Å². The van der Waals surface area contributed by atoms with Gasteiger partial charge >= 0.3 is 6.03 Å². The molecule has 6 rings (SSSR count). The second-order valence-corrected chi connectivity index (χ2v) is 10.9. The Morgan fingerprint density at radius 3 is 2.21 bits per heavy atom. The second-order valence-electron chi connectivity index (χ2n) is 10.5. The number of aliphatic imine (C=N–C) groups is 1. The number of urea groups is 1. The number of nitrogens with zero attached hydrogens (tertiary/aromatic N) is 3. The summed E-state index contributed by atoms with van der Waals surface area (Å²) in [6, 6.07) is 9.44. The summed E-state index contributed by atoms with van der Waals surface area (Å²) in [5.41, 5.74) is 2.78. The Morgan fingerprint density at radius 1 is 1.03 bits per heavy atom. The largest absolute Gasteiger partial charge is 0.332 e. The van der Waals surface area contributed by atoms with Crippen LogP contribution in [0.25, 0.3) is 0 Å². The minimum Gasteiger partial charge on any atom is -0.332 e. The number of carbonyl (C=O) groups excluding carboxylic acids is 1. The molecular formula is C26H33ClN6O. The van der Waals surface area contributed by atoms with Gasteiger partial charge in [0.25, 0.3) is 0 Å². The van der Waals surface area contributed by atoms with E-state index >= 15 is 0 Å². The molecule has 2 aromatic rings. The minimum absolute atomic E-state index is 0.0658. The zero-order valence-electron chi connectivity index (χ0n) is 19.9. The maximum absolute atomic E-state index is 13.1. The van der Waals surface area contributed by atoms with Gasteiger partial charge in [-0.15, -0.1) is 0 Å². The van der Waals surface area contributed by atoms with E-state index in [2.05, 4.69) is 30.9 Å². The molecule has 1 aromatic heterocycles. The smallest absolute Gasteiger partial charge is 0.321 e. The number of anilines is 1. The first-order chi connectivity index (χ1) is 16.3. The van der Waals surface area contributed by atoms with Gasteiger partial charge in [0.2, 0.25) is 11.9 Å². The van der Waals surface area contributed by atoms with Crippen LogP contribution in [-0.2, 0) is 6.42 Å². The highest BCUT2D eigenvalue weighted by molar-refractivity contribution is 6.30. The van der Waals surface area contributed by atoms with Crippen molar-refractivity contribution >= 4 is 29.5 Å². The molecule has 4 bridgehead atoms. The molecule has 3 N–H and O–H groups in total. The highest BCUT2D eigenvalue weighted by Crippen LogP contribution is 2.55. The van der Waals surface area contributed by atoms with Crippen LogP contribution in [0.5, 0.6) is 0 Å². The molecule has 2 amide bonds. The molecule has 0 unspecified atom stereocenters. The topological polar surface area (TPSA) is 91.3 Å². The fourth-order valence-corrected chi connectivity index (χ4v) is 6.72. The summed E-state index contributed by atoms with van der Waals surface area (Å²) < 4.78 is 0. The van der Waals surface area contributed by atoms with Crippen molar-refractivity contribution in [1.29, 1.82) is 0 Å². The number of amides is 2. The van der Waals surface area contributed by atoms with E-state index in [0.717, 1.165) is 60.4 Å². The van der Waals surface area contributed by atoms with E-state index in [1.807, 2.05) is 44.2 Å². The third-order valence-electron chi connectivity index (χ3n) is 7.45. The number of nitrogens with one attached hydrogen (secondary N) is 3. The van der Waals surface area contributed by atoms with Crippen molar-refractivity contribution in [3.63, 3.8) is 0 Å². The molecule has 4 saturated carbocycles. The van der Waals surface area contributed by atoms with Crippen molar-refractivity contribution in [3.05, 3.63) is 52.3 Å². The van der Waals surface area contributed by atoms with E-state index in [-0.39, 0.29) is 11.6 Å². The Bertz CT molecular complexity index is 1030. The quantitative estimate of drug-likeness (QED) is 0.413. The standard InChI is InChI=1S/C26H33ClN6O/c1-16-9-17(2)30-24(29-16)31-23(28-8-7-18-3-5-22(27)6-4-18)32-25(34)33-26-13-19-10-20(14-26)12-21(11-19)15-26/h3-6,9,19-21H,7-8,10-15H2,1-2H3,(H3,28,29,30,31,32,33,34). The Hall–Kier alpha value is -2.67. The lowest BCUT2D eigenvalue weighted by Crippen LogP contribution is -2.62. The summed E-state index contributed by atoms with van der Waals surface area (Å²) in [6.45, 7) is 4.35. The van der Waals surface area contributed by atoms with Gasteiger partial charge in [0, 0.05) is 28.5 Å². The number of carbonyl (C=O) groups is 1. The van der Waals surface area contributed by atoms with E-state index < -0.39 is 0 Å². The highest BCUT2D eigenvalue weighted by Gasteiger charge is 2.51. The first-order valence-corrected chi connectivity index (χ1v) is 12.7. The lowest BCUT2D eigenvalue weighted by atomic mass is 9.53. The van der Waals surface area contributed by atoms with Crippen molar-refractivity contribution in [1.82, 2.24) is 20.6 Å². The molecule has 34 heavy (non-hydrogen) atoms. The summed E-state index contributed by atoms with van der Waals surface area (Å²) in [4.78, 5) is 26.7. The average molecular weight is 481 g/mol. The molecule has 7 nitrogen and oxygen atoms in total. The van der Waals surface area contributed by atoms with Crippen LogP contribution in [-0.4, -0.2) is 34.0 Å². The number of rotatable bonds is 5. The van der Waals surface area contributed by atoms with Gasteiger partial charge in [0.15, 0.2) is 0 Å². The van der Waals surface area contributed by atoms with Gasteiger partial charge < -0.3 is 5.32 Å². The molecule has 8 heteroatoms. The van der Waals surface area contributed by atoms with Crippen molar-refractivity contribution in [3.8, 4) is 0 Å².